The summed E-state index contributed by atoms with van der Waals surface area (Å²) in [5, 5.41) is 4.84. The predicted octanol–water partition coefficient (Wildman–Crippen LogP) is 5.12. The average molecular weight is 292 g/mol. The van der Waals surface area contributed by atoms with Crippen LogP contribution in [-0.4, -0.2) is 11.5 Å². The van der Waals surface area contributed by atoms with Crippen molar-refractivity contribution in [2.45, 2.75) is 32.6 Å². The zero-order valence-corrected chi connectivity index (χ0v) is 13.6. The first-order chi connectivity index (χ1) is 10.5. The summed E-state index contributed by atoms with van der Waals surface area (Å²) in [4.78, 5) is 3.33. The van der Waals surface area contributed by atoms with Crippen LogP contribution >= 0.6 is 0 Å². The Morgan fingerprint density at radius 2 is 1.68 bits per heavy atom. The number of benzene rings is 2. The maximum absolute atomic E-state index is 3.51. The minimum Gasteiger partial charge on any atom is -0.385 e. The van der Waals surface area contributed by atoms with Gasteiger partial charge in [0.25, 0.3) is 0 Å². The van der Waals surface area contributed by atoms with Crippen LogP contribution in [0.15, 0.2) is 54.7 Å². The highest BCUT2D eigenvalue weighted by Gasteiger charge is 2.12. The third-order valence-electron chi connectivity index (χ3n) is 4.15. The van der Waals surface area contributed by atoms with Gasteiger partial charge >= 0.3 is 0 Å². The summed E-state index contributed by atoms with van der Waals surface area (Å²) in [5.41, 5.74) is 5.35. The second kappa shape index (κ2) is 5.88. The van der Waals surface area contributed by atoms with Gasteiger partial charge in [-0.25, -0.2) is 0 Å². The van der Waals surface area contributed by atoms with E-state index in [-0.39, 0.29) is 5.41 Å². The molecule has 1 heterocycles. The lowest BCUT2D eigenvalue weighted by Gasteiger charge is -2.19. The minimum atomic E-state index is 0.211. The van der Waals surface area contributed by atoms with Crippen molar-refractivity contribution < 1.29 is 0 Å². The fourth-order valence-electron chi connectivity index (χ4n) is 2.77. The quantitative estimate of drug-likeness (QED) is 0.686. The van der Waals surface area contributed by atoms with Crippen molar-refractivity contribution in [1.82, 2.24) is 4.98 Å². The first-order valence-electron chi connectivity index (χ1n) is 7.93. The van der Waals surface area contributed by atoms with Gasteiger partial charge in [-0.3, -0.25) is 0 Å². The fraction of sp³-hybridized carbons (Fsp3) is 0.300. The molecule has 0 atom stereocenters. The van der Waals surface area contributed by atoms with Gasteiger partial charge in [-0.05, 0) is 41.2 Å². The van der Waals surface area contributed by atoms with E-state index in [9.17, 15) is 0 Å². The standard InChI is InChI=1S/C20H24N2/c1-20(2,3)16-8-10-17(11-9-16)21-13-12-15-14-22-19-7-5-4-6-18(15)19/h4-11,14,21-22H,12-13H2,1-3H3. The van der Waals surface area contributed by atoms with Gasteiger partial charge in [-0.1, -0.05) is 51.1 Å². The van der Waals surface area contributed by atoms with Crippen LogP contribution in [0.2, 0.25) is 0 Å². The number of fused-ring (bicyclic) bond motifs is 1. The number of rotatable bonds is 4. The van der Waals surface area contributed by atoms with Gasteiger partial charge in [-0.15, -0.1) is 0 Å². The van der Waals surface area contributed by atoms with Gasteiger partial charge in [0.05, 0.1) is 0 Å². The summed E-state index contributed by atoms with van der Waals surface area (Å²) in [7, 11) is 0. The maximum Gasteiger partial charge on any atom is 0.0456 e. The molecule has 0 amide bonds. The number of aromatic amines is 1. The number of aromatic nitrogens is 1. The van der Waals surface area contributed by atoms with Crippen molar-refractivity contribution in [1.29, 1.82) is 0 Å². The molecule has 2 aromatic carbocycles. The number of nitrogens with one attached hydrogen (secondary N) is 2. The maximum atomic E-state index is 3.51. The van der Waals surface area contributed by atoms with E-state index in [2.05, 4.69) is 85.8 Å². The molecule has 0 aliphatic rings. The second-order valence-corrected chi connectivity index (χ2v) is 6.86. The lowest BCUT2D eigenvalue weighted by Crippen LogP contribution is -2.11. The van der Waals surface area contributed by atoms with E-state index in [4.69, 9.17) is 0 Å². The van der Waals surface area contributed by atoms with Gasteiger partial charge in [0, 0.05) is 29.3 Å². The molecular weight excluding hydrogens is 268 g/mol. The molecule has 0 saturated heterocycles. The topological polar surface area (TPSA) is 27.8 Å². The van der Waals surface area contributed by atoms with Crippen molar-refractivity contribution in [3.8, 4) is 0 Å². The van der Waals surface area contributed by atoms with Crippen molar-refractivity contribution in [2.75, 3.05) is 11.9 Å². The molecule has 0 fully saturated rings. The smallest absolute Gasteiger partial charge is 0.0456 e. The molecule has 0 aliphatic carbocycles. The summed E-state index contributed by atoms with van der Waals surface area (Å²) >= 11 is 0. The molecule has 0 bridgehead atoms. The molecule has 2 heteroatoms. The van der Waals surface area contributed by atoms with Crippen LogP contribution < -0.4 is 5.32 Å². The Morgan fingerprint density at radius 3 is 2.41 bits per heavy atom. The number of hydrogen-bond acceptors (Lipinski definition) is 1. The van der Waals surface area contributed by atoms with Crippen molar-refractivity contribution in [3.05, 3.63) is 65.9 Å². The first-order valence-corrected chi connectivity index (χ1v) is 7.93. The van der Waals surface area contributed by atoms with Crippen LogP contribution in [0.1, 0.15) is 31.9 Å². The van der Waals surface area contributed by atoms with E-state index < -0.39 is 0 Å². The monoisotopic (exact) mass is 292 g/mol. The number of hydrogen-bond donors (Lipinski definition) is 2. The van der Waals surface area contributed by atoms with E-state index in [1.165, 1.54) is 27.7 Å². The molecular formula is C20H24N2. The summed E-state index contributed by atoms with van der Waals surface area (Å²) in [5.74, 6) is 0. The Kier molecular flexibility index (Phi) is 3.93. The molecule has 0 radical (unpaired) electrons. The minimum absolute atomic E-state index is 0.211. The zero-order chi connectivity index (χ0) is 15.6. The third kappa shape index (κ3) is 3.16. The Morgan fingerprint density at radius 1 is 0.955 bits per heavy atom. The summed E-state index contributed by atoms with van der Waals surface area (Å²) in [6, 6.07) is 17.3. The van der Waals surface area contributed by atoms with Crippen LogP contribution in [0.25, 0.3) is 10.9 Å². The van der Waals surface area contributed by atoms with Crippen LogP contribution in [0, 0.1) is 0 Å². The number of H-pyrrole nitrogens is 1. The lowest BCUT2D eigenvalue weighted by molar-refractivity contribution is 0.590. The van der Waals surface area contributed by atoms with E-state index in [0.717, 1.165) is 13.0 Å². The molecule has 0 spiro atoms. The van der Waals surface area contributed by atoms with Crippen molar-refractivity contribution in [2.24, 2.45) is 0 Å². The molecule has 2 N–H and O–H groups in total. The summed E-state index contributed by atoms with van der Waals surface area (Å²) in [6.45, 7) is 7.67. The number of para-hydroxylation sites is 1. The van der Waals surface area contributed by atoms with Gasteiger partial charge in [0.15, 0.2) is 0 Å². The van der Waals surface area contributed by atoms with Crippen LogP contribution in [-0.2, 0) is 11.8 Å². The Bertz CT molecular complexity index is 745. The summed E-state index contributed by atoms with van der Waals surface area (Å²) < 4.78 is 0. The van der Waals surface area contributed by atoms with Crippen LogP contribution in [0.5, 0.6) is 0 Å². The Balaban J connectivity index is 1.61. The van der Waals surface area contributed by atoms with Gasteiger partial charge in [0.2, 0.25) is 0 Å². The highest BCUT2D eigenvalue weighted by atomic mass is 14.9. The Labute approximate surface area is 132 Å². The second-order valence-electron chi connectivity index (χ2n) is 6.86. The molecule has 1 aromatic heterocycles. The molecule has 0 saturated carbocycles. The van der Waals surface area contributed by atoms with Crippen molar-refractivity contribution in [3.63, 3.8) is 0 Å². The van der Waals surface area contributed by atoms with Gasteiger partial charge in [0.1, 0.15) is 0 Å². The van der Waals surface area contributed by atoms with Crippen LogP contribution in [0.4, 0.5) is 5.69 Å². The van der Waals surface area contributed by atoms with Gasteiger partial charge < -0.3 is 10.3 Å². The molecule has 2 nitrogen and oxygen atoms in total. The molecule has 0 unspecified atom stereocenters. The third-order valence-corrected chi connectivity index (χ3v) is 4.15. The molecule has 114 valence electrons. The first kappa shape index (κ1) is 14.7. The fourth-order valence-corrected chi connectivity index (χ4v) is 2.77. The normalized spacial score (nSPS) is 11.8. The lowest BCUT2D eigenvalue weighted by atomic mass is 9.87. The highest BCUT2D eigenvalue weighted by Crippen LogP contribution is 2.23. The summed E-state index contributed by atoms with van der Waals surface area (Å²) in [6.07, 6.45) is 3.14. The van der Waals surface area contributed by atoms with Crippen molar-refractivity contribution >= 4 is 16.6 Å². The largest absolute Gasteiger partial charge is 0.385 e. The SMILES string of the molecule is CC(C)(C)c1ccc(NCCc2c[nH]c3ccccc23)cc1. The van der Waals surface area contributed by atoms with Gasteiger partial charge in [-0.2, -0.15) is 0 Å². The zero-order valence-electron chi connectivity index (χ0n) is 13.6. The molecule has 3 aromatic rings. The number of anilines is 1. The van der Waals surface area contributed by atoms with E-state index in [1.807, 2.05) is 0 Å². The molecule has 22 heavy (non-hydrogen) atoms. The van der Waals surface area contributed by atoms with E-state index in [1.54, 1.807) is 0 Å². The average Bonchev–Trinajstić information content (AvgIpc) is 2.90. The molecule has 3 rings (SSSR count). The van der Waals surface area contributed by atoms with E-state index >= 15 is 0 Å². The van der Waals surface area contributed by atoms with Crippen LogP contribution in [0.3, 0.4) is 0 Å². The molecule has 0 aliphatic heterocycles. The van der Waals surface area contributed by atoms with E-state index in [0.29, 0.717) is 0 Å². The predicted molar refractivity (Wildman–Crippen MR) is 95.6 cm³/mol. The Hall–Kier alpha value is -2.22. The highest BCUT2D eigenvalue weighted by molar-refractivity contribution is 5.83.